The number of hydrogen-bond donors (Lipinski definition) is 1. The summed E-state index contributed by atoms with van der Waals surface area (Å²) in [7, 11) is 1.66. The van der Waals surface area contributed by atoms with E-state index in [4.69, 9.17) is 37.4 Å². The van der Waals surface area contributed by atoms with E-state index in [2.05, 4.69) is 26.6 Å². The van der Waals surface area contributed by atoms with Gasteiger partial charge in [0.25, 0.3) is 0 Å². The molecule has 2 heterocycles. The van der Waals surface area contributed by atoms with Crippen LogP contribution in [0.5, 0.6) is 17.2 Å². The third-order valence-corrected chi connectivity index (χ3v) is 7.51. The zero-order chi connectivity index (χ0) is 26.3. The number of nitrogens with zero attached hydrogens (tertiary/aromatic N) is 3. The van der Waals surface area contributed by atoms with E-state index in [0.29, 0.717) is 35.2 Å². The monoisotopic (exact) mass is 547 g/mol. The lowest BCUT2D eigenvalue weighted by Gasteiger charge is -2.27. The molecule has 1 fully saturated rings. The average Bonchev–Trinajstić information content (AvgIpc) is 3.21. The van der Waals surface area contributed by atoms with Crippen molar-refractivity contribution in [3.05, 3.63) is 70.2 Å². The summed E-state index contributed by atoms with van der Waals surface area (Å²) in [5.74, 6) is 3.09. The van der Waals surface area contributed by atoms with Crippen LogP contribution >= 0.6 is 23.2 Å². The molecule has 1 aromatic heterocycles. The number of aliphatic hydroxyl groups is 1. The summed E-state index contributed by atoms with van der Waals surface area (Å²) in [5.41, 5.74) is 0.265. The van der Waals surface area contributed by atoms with E-state index in [0.717, 1.165) is 61.9 Å². The predicted octanol–water partition coefficient (Wildman–Crippen LogP) is 5.77. The van der Waals surface area contributed by atoms with E-state index in [1.165, 1.54) is 0 Å². The lowest BCUT2D eigenvalue weighted by Crippen LogP contribution is -2.37. The first-order valence-corrected chi connectivity index (χ1v) is 13.4. The molecule has 0 radical (unpaired) electrons. The highest BCUT2D eigenvalue weighted by Crippen LogP contribution is 2.31. The Morgan fingerprint density at radius 2 is 1.89 bits per heavy atom. The Morgan fingerprint density at radius 3 is 2.65 bits per heavy atom. The maximum Gasteiger partial charge on any atom is 0.161 e. The van der Waals surface area contributed by atoms with Gasteiger partial charge in [0.05, 0.1) is 29.4 Å². The van der Waals surface area contributed by atoms with Crippen molar-refractivity contribution in [3.8, 4) is 17.2 Å². The second-order valence-electron chi connectivity index (χ2n) is 9.57. The molecule has 0 aliphatic carbocycles. The highest BCUT2D eigenvalue weighted by Gasteiger charge is 2.31. The summed E-state index contributed by atoms with van der Waals surface area (Å²) in [4.78, 5) is 6.62. The number of methoxy groups -OCH3 is 1. The van der Waals surface area contributed by atoms with Crippen LogP contribution in [0, 0.1) is 6.92 Å². The van der Waals surface area contributed by atoms with Crippen molar-refractivity contribution in [1.82, 2.24) is 14.5 Å². The van der Waals surface area contributed by atoms with Crippen LogP contribution < -0.4 is 14.2 Å². The molecule has 1 aliphatic heterocycles. The Kier molecular flexibility index (Phi) is 9.60. The minimum Gasteiger partial charge on any atom is -0.493 e. The van der Waals surface area contributed by atoms with E-state index in [1.54, 1.807) is 25.3 Å². The smallest absolute Gasteiger partial charge is 0.161 e. The average molecular weight is 549 g/mol. The Labute approximate surface area is 228 Å². The van der Waals surface area contributed by atoms with Crippen molar-refractivity contribution in [3.63, 3.8) is 0 Å². The highest BCUT2D eigenvalue weighted by atomic mass is 35.5. The van der Waals surface area contributed by atoms with Crippen LogP contribution in [0.4, 0.5) is 0 Å². The minimum atomic E-state index is -0.886. The molecule has 0 saturated carbocycles. The molecule has 1 atom stereocenters. The highest BCUT2D eigenvalue weighted by molar-refractivity contribution is 6.42. The number of rotatable bonds is 11. The predicted molar refractivity (Wildman–Crippen MR) is 146 cm³/mol. The molecule has 0 spiro atoms. The number of aromatic nitrogens is 2. The van der Waals surface area contributed by atoms with Crippen LogP contribution in [0.15, 0.2) is 48.8 Å². The summed E-state index contributed by atoms with van der Waals surface area (Å²) in [6, 6.07) is 11.2. The first kappa shape index (κ1) is 27.6. The van der Waals surface area contributed by atoms with Gasteiger partial charge in [-0.1, -0.05) is 29.3 Å². The topological polar surface area (TPSA) is 69.0 Å². The lowest BCUT2D eigenvalue weighted by atomic mass is 9.96. The number of halogens is 2. The molecule has 7 nitrogen and oxygen atoms in total. The number of imidazole rings is 1. The Bertz CT molecular complexity index is 1170. The standard InChI is InChI=1S/C28H35Cl2N3O4/c1-21-31-11-15-33(21)13-4-16-36-27-17-22(5-8-26(27)35-2)19-32-12-3-9-28(34,10-14-32)20-37-23-6-7-24(29)25(30)18-23/h5-8,11,15,17-18,34H,3-4,9-10,12-14,16,19-20H2,1-2H3/t28-/m0/s1. The number of hydrogen-bond acceptors (Lipinski definition) is 6. The summed E-state index contributed by atoms with van der Waals surface area (Å²) in [6.45, 7) is 6.12. The normalized spacial score (nSPS) is 18.4. The van der Waals surface area contributed by atoms with Gasteiger partial charge in [0.1, 0.15) is 18.2 Å². The van der Waals surface area contributed by atoms with Gasteiger partial charge in [-0.15, -0.1) is 0 Å². The van der Waals surface area contributed by atoms with Gasteiger partial charge in [-0.3, -0.25) is 4.90 Å². The van der Waals surface area contributed by atoms with Gasteiger partial charge < -0.3 is 23.9 Å². The van der Waals surface area contributed by atoms with Crippen LogP contribution in [-0.4, -0.2) is 58.6 Å². The van der Waals surface area contributed by atoms with Crippen LogP contribution in [-0.2, 0) is 13.1 Å². The summed E-state index contributed by atoms with van der Waals surface area (Å²) in [6.07, 6.45) is 6.86. The molecule has 0 amide bonds. The fraction of sp³-hybridized carbons (Fsp3) is 0.464. The number of benzene rings is 2. The van der Waals surface area contributed by atoms with Crippen molar-refractivity contribution >= 4 is 23.2 Å². The van der Waals surface area contributed by atoms with Gasteiger partial charge in [0.15, 0.2) is 11.5 Å². The van der Waals surface area contributed by atoms with Gasteiger partial charge in [-0.25, -0.2) is 4.98 Å². The zero-order valence-corrected chi connectivity index (χ0v) is 23.0. The molecule has 200 valence electrons. The number of ether oxygens (including phenoxy) is 3. The molecular weight excluding hydrogens is 513 g/mol. The summed E-state index contributed by atoms with van der Waals surface area (Å²) >= 11 is 12.1. The van der Waals surface area contributed by atoms with Gasteiger partial charge in [-0.05, 0) is 69.0 Å². The SMILES string of the molecule is COc1ccc(CN2CCC[C@@](O)(COc3ccc(Cl)c(Cl)c3)CC2)cc1OCCCn1ccnc1C. The minimum absolute atomic E-state index is 0.220. The van der Waals surface area contributed by atoms with Crippen LogP contribution in [0.3, 0.4) is 0 Å². The fourth-order valence-electron chi connectivity index (χ4n) is 4.57. The van der Waals surface area contributed by atoms with Gasteiger partial charge in [0, 0.05) is 38.1 Å². The first-order chi connectivity index (χ1) is 17.8. The van der Waals surface area contributed by atoms with Crippen molar-refractivity contribution in [2.45, 2.75) is 51.3 Å². The van der Waals surface area contributed by atoms with Crippen molar-refractivity contribution in [2.75, 3.05) is 33.4 Å². The van der Waals surface area contributed by atoms with Crippen molar-refractivity contribution in [2.24, 2.45) is 0 Å². The van der Waals surface area contributed by atoms with E-state index in [9.17, 15) is 5.11 Å². The molecule has 37 heavy (non-hydrogen) atoms. The van der Waals surface area contributed by atoms with E-state index in [-0.39, 0.29) is 6.61 Å². The van der Waals surface area contributed by atoms with Crippen LogP contribution in [0.2, 0.25) is 10.0 Å². The number of likely N-dealkylation sites (tertiary alicyclic amines) is 1. The second-order valence-corrected chi connectivity index (χ2v) is 10.4. The Hall–Kier alpha value is -2.45. The summed E-state index contributed by atoms with van der Waals surface area (Å²) < 4.78 is 19.6. The number of aryl methyl sites for hydroxylation is 2. The molecular formula is C28H35Cl2N3O4. The molecule has 9 heteroatoms. The zero-order valence-electron chi connectivity index (χ0n) is 21.5. The quantitative estimate of drug-likeness (QED) is 0.307. The van der Waals surface area contributed by atoms with Crippen molar-refractivity contribution < 1.29 is 19.3 Å². The van der Waals surface area contributed by atoms with Gasteiger partial charge >= 0.3 is 0 Å². The van der Waals surface area contributed by atoms with E-state index in [1.807, 2.05) is 25.4 Å². The van der Waals surface area contributed by atoms with Crippen LogP contribution in [0.25, 0.3) is 0 Å². The van der Waals surface area contributed by atoms with E-state index >= 15 is 0 Å². The van der Waals surface area contributed by atoms with Gasteiger partial charge in [-0.2, -0.15) is 0 Å². The third-order valence-electron chi connectivity index (χ3n) is 6.77. The Morgan fingerprint density at radius 1 is 1.03 bits per heavy atom. The molecule has 0 bridgehead atoms. The fourth-order valence-corrected chi connectivity index (χ4v) is 4.86. The van der Waals surface area contributed by atoms with Crippen LogP contribution in [0.1, 0.15) is 37.1 Å². The summed E-state index contributed by atoms with van der Waals surface area (Å²) in [5, 5.41) is 12.1. The van der Waals surface area contributed by atoms with Crippen molar-refractivity contribution in [1.29, 1.82) is 0 Å². The largest absolute Gasteiger partial charge is 0.493 e. The Balaban J connectivity index is 1.29. The van der Waals surface area contributed by atoms with Gasteiger partial charge in [0.2, 0.25) is 0 Å². The molecule has 0 unspecified atom stereocenters. The molecule has 1 saturated heterocycles. The molecule has 3 aromatic rings. The molecule has 2 aromatic carbocycles. The lowest BCUT2D eigenvalue weighted by molar-refractivity contribution is -0.0168. The van der Waals surface area contributed by atoms with E-state index < -0.39 is 5.60 Å². The maximum atomic E-state index is 11.2. The molecule has 1 aliphatic rings. The second kappa shape index (κ2) is 12.9. The first-order valence-electron chi connectivity index (χ1n) is 12.7. The molecule has 1 N–H and O–H groups in total. The molecule has 4 rings (SSSR count). The third kappa shape index (κ3) is 7.77. The maximum absolute atomic E-state index is 11.2.